The number of hydrogen-bond donors (Lipinski definition) is 0. The second kappa shape index (κ2) is 12.1. The van der Waals surface area contributed by atoms with Crippen LogP contribution in [0.4, 0.5) is 14.6 Å². The zero-order chi connectivity index (χ0) is 30.2. The molecule has 1 aliphatic carbocycles. The zero-order valence-electron chi connectivity index (χ0n) is 24.0. The van der Waals surface area contributed by atoms with E-state index in [1.807, 2.05) is 34.1 Å². The van der Waals surface area contributed by atoms with Crippen LogP contribution in [0.15, 0.2) is 59.4 Å². The second-order valence-electron chi connectivity index (χ2n) is 11.8. The first-order valence-electron chi connectivity index (χ1n) is 14.8. The molecular weight excluding hydrogens is 576 g/mol. The summed E-state index contributed by atoms with van der Waals surface area (Å²) in [5, 5.41) is 4.98. The van der Waals surface area contributed by atoms with Gasteiger partial charge in [-0.25, -0.2) is 13.5 Å². The molecule has 3 aliphatic rings. The van der Waals surface area contributed by atoms with Crippen LogP contribution in [-0.2, 0) is 16.6 Å². The van der Waals surface area contributed by atoms with Crippen molar-refractivity contribution in [2.45, 2.75) is 37.6 Å². The van der Waals surface area contributed by atoms with Gasteiger partial charge in [-0.1, -0.05) is 29.8 Å². The molecule has 1 aromatic heterocycles. The van der Waals surface area contributed by atoms with Crippen LogP contribution in [0.2, 0.25) is 5.02 Å². The summed E-state index contributed by atoms with van der Waals surface area (Å²) < 4.78 is 30.1. The molecule has 3 heterocycles. The molecule has 2 unspecified atom stereocenters. The molecule has 8 nitrogen and oxygen atoms in total. The highest BCUT2D eigenvalue weighted by Crippen LogP contribution is 2.39. The lowest BCUT2D eigenvalue weighted by Crippen LogP contribution is -2.48. The van der Waals surface area contributed by atoms with E-state index in [0.29, 0.717) is 43.3 Å². The molecule has 0 N–H and O–H groups in total. The molecule has 3 aromatic rings. The van der Waals surface area contributed by atoms with Crippen molar-refractivity contribution in [2.24, 2.45) is 18.9 Å². The van der Waals surface area contributed by atoms with Gasteiger partial charge in [0, 0.05) is 68.8 Å². The van der Waals surface area contributed by atoms with Crippen LogP contribution in [0.3, 0.4) is 0 Å². The fourth-order valence-electron chi connectivity index (χ4n) is 6.46. The van der Waals surface area contributed by atoms with E-state index in [1.54, 1.807) is 18.0 Å². The van der Waals surface area contributed by atoms with Gasteiger partial charge in [-0.05, 0) is 61.1 Å². The third kappa shape index (κ3) is 6.16. The lowest BCUT2D eigenvalue weighted by atomic mass is 9.87. The number of carbonyl (C=O) groups excluding carboxylic acids is 2. The molecule has 2 aliphatic heterocycles. The highest BCUT2D eigenvalue weighted by Gasteiger charge is 2.43. The fourth-order valence-corrected chi connectivity index (χ4v) is 6.59. The van der Waals surface area contributed by atoms with Gasteiger partial charge in [-0.3, -0.25) is 14.4 Å². The Morgan fingerprint density at radius 1 is 0.907 bits per heavy atom. The monoisotopic (exact) mass is 609 g/mol. The van der Waals surface area contributed by atoms with E-state index >= 15 is 4.39 Å². The van der Waals surface area contributed by atoms with E-state index in [9.17, 15) is 18.8 Å². The van der Waals surface area contributed by atoms with Crippen molar-refractivity contribution in [3.05, 3.63) is 92.7 Å². The molecule has 0 radical (unpaired) electrons. The highest BCUT2D eigenvalue weighted by atomic mass is 35.5. The van der Waals surface area contributed by atoms with Gasteiger partial charge >= 0.3 is 0 Å². The van der Waals surface area contributed by atoms with Crippen molar-refractivity contribution >= 4 is 29.2 Å². The van der Waals surface area contributed by atoms with Crippen LogP contribution < -0.4 is 10.5 Å². The summed E-state index contributed by atoms with van der Waals surface area (Å²) in [6.07, 6.45) is 3.14. The molecule has 0 bridgehead atoms. The van der Waals surface area contributed by atoms with Gasteiger partial charge < -0.3 is 14.7 Å². The normalized spacial score (nSPS) is 22.8. The summed E-state index contributed by atoms with van der Waals surface area (Å²) in [5.41, 5.74) is 1.04. The number of aryl methyl sites for hydroxylation is 1. The summed E-state index contributed by atoms with van der Waals surface area (Å²) >= 11 is 6.13. The summed E-state index contributed by atoms with van der Waals surface area (Å²) in [7, 11) is 1.55. The lowest BCUT2D eigenvalue weighted by molar-refractivity contribution is -0.141. The van der Waals surface area contributed by atoms with Gasteiger partial charge in [-0.15, -0.1) is 0 Å². The number of aromatic nitrogens is 2. The highest BCUT2D eigenvalue weighted by molar-refractivity contribution is 6.30. The molecule has 0 spiro atoms. The van der Waals surface area contributed by atoms with Crippen LogP contribution in [0, 0.1) is 23.5 Å². The van der Waals surface area contributed by atoms with Crippen LogP contribution in [-0.4, -0.2) is 64.1 Å². The smallest absolute Gasteiger partial charge is 0.266 e. The van der Waals surface area contributed by atoms with Crippen molar-refractivity contribution in [3.63, 3.8) is 0 Å². The Kier molecular flexibility index (Phi) is 8.22. The van der Waals surface area contributed by atoms with Gasteiger partial charge in [0.25, 0.3) is 5.56 Å². The molecule has 226 valence electrons. The molecule has 3 fully saturated rings. The summed E-state index contributed by atoms with van der Waals surface area (Å²) in [6, 6.07) is 14.0. The van der Waals surface area contributed by atoms with Crippen LogP contribution >= 0.6 is 11.6 Å². The van der Waals surface area contributed by atoms with E-state index in [-0.39, 0.29) is 48.0 Å². The van der Waals surface area contributed by atoms with E-state index < -0.39 is 23.5 Å². The molecule has 2 amide bonds. The minimum atomic E-state index is -0.697. The molecule has 43 heavy (non-hydrogen) atoms. The van der Waals surface area contributed by atoms with E-state index in [0.717, 1.165) is 24.5 Å². The number of halogens is 3. The third-order valence-electron chi connectivity index (χ3n) is 8.94. The van der Waals surface area contributed by atoms with Crippen molar-refractivity contribution < 1.29 is 18.4 Å². The average Bonchev–Trinajstić information content (AvgIpc) is 3.73. The topological polar surface area (TPSA) is 78.8 Å². The predicted molar refractivity (Wildman–Crippen MR) is 159 cm³/mol. The first-order chi connectivity index (χ1) is 20.7. The second-order valence-corrected chi connectivity index (χ2v) is 12.2. The van der Waals surface area contributed by atoms with Crippen LogP contribution in [0.5, 0.6) is 0 Å². The van der Waals surface area contributed by atoms with Gasteiger partial charge in [0.2, 0.25) is 11.8 Å². The number of amides is 2. The van der Waals surface area contributed by atoms with Crippen molar-refractivity contribution in [2.75, 3.05) is 37.6 Å². The number of rotatable bonds is 5. The van der Waals surface area contributed by atoms with Gasteiger partial charge in [-0.2, -0.15) is 5.10 Å². The minimum absolute atomic E-state index is 0.0296. The number of benzene rings is 2. The zero-order valence-corrected chi connectivity index (χ0v) is 24.7. The molecular formula is C32H34ClF2N5O3. The molecule has 6 rings (SSSR count). The Balaban J connectivity index is 1.26. The first-order valence-corrected chi connectivity index (χ1v) is 15.2. The standard InChI is InChI=1S/C32H34ClF2N5O3/c1-37-30(41)13-12-29(36-37)39-18-25(24-11-10-23(34)17-27(24)35)26(19-39)32(43)38-14-2-3-28(20-6-8-22(33)9-7-20)40(16-15-38)31(42)21-4-5-21/h6-13,17,21,25-26,28H,2-5,14-16,18-19H2,1H3/t25?,26-,28?/m1/s1. The first kappa shape index (κ1) is 29.3. The third-order valence-corrected chi connectivity index (χ3v) is 9.19. The Labute approximate surface area is 253 Å². The van der Waals surface area contributed by atoms with Crippen LogP contribution in [0.1, 0.15) is 48.8 Å². The number of hydrogen-bond acceptors (Lipinski definition) is 5. The molecule has 11 heteroatoms. The van der Waals surface area contributed by atoms with Gasteiger partial charge in [0.15, 0.2) is 0 Å². The predicted octanol–water partition coefficient (Wildman–Crippen LogP) is 4.53. The summed E-state index contributed by atoms with van der Waals surface area (Å²) in [6.45, 7) is 1.79. The maximum atomic E-state index is 15.1. The van der Waals surface area contributed by atoms with E-state index in [4.69, 9.17) is 11.6 Å². The maximum Gasteiger partial charge on any atom is 0.266 e. The summed E-state index contributed by atoms with van der Waals surface area (Å²) in [5.74, 6) is -2.04. The molecule has 1 saturated carbocycles. The minimum Gasteiger partial charge on any atom is -0.354 e. The average molecular weight is 610 g/mol. The SMILES string of the molecule is Cn1nc(N2CC(c3ccc(F)cc3F)[C@H](C(=O)N3CCCC(c4ccc(Cl)cc4)N(C(=O)C4CC4)CC3)C2)ccc1=O. The van der Waals surface area contributed by atoms with Crippen molar-refractivity contribution in [3.8, 4) is 0 Å². The molecule has 2 saturated heterocycles. The van der Waals surface area contributed by atoms with Crippen molar-refractivity contribution in [1.82, 2.24) is 19.6 Å². The quantitative estimate of drug-likeness (QED) is 0.425. The fraction of sp³-hybridized carbons (Fsp3) is 0.438. The maximum absolute atomic E-state index is 15.1. The number of anilines is 1. The Bertz CT molecular complexity index is 1580. The van der Waals surface area contributed by atoms with E-state index in [2.05, 4.69) is 5.10 Å². The number of nitrogens with zero attached hydrogens (tertiary/aromatic N) is 5. The van der Waals surface area contributed by atoms with Crippen LogP contribution in [0.25, 0.3) is 0 Å². The lowest BCUT2D eigenvalue weighted by Gasteiger charge is -2.38. The molecule has 3 atom stereocenters. The Morgan fingerprint density at radius 2 is 1.67 bits per heavy atom. The number of carbonyl (C=O) groups is 2. The molecule has 2 aromatic carbocycles. The van der Waals surface area contributed by atoms with E-state index in [1.165, 1.54) is 22.9 Å². The largest absolute Gasteiger partial charge is 0.354 e. The van der Waals surface area contributed by atoms with Crippen molar-refractivity contribution in [1.29, 1.82) is 0 Å². The van der Waals surface area contributed by atoms with Gasteiger partial charge in [0.1, 0.15) is 17.5 Å². The Hall–Kier alpha value is -3.79. The Morgan fingerprint density at radius 3 is 2.37 bits per heavy atom. The summed E-state index contributed by atoms with van der Waals surface area (Å²) in [4.78, 5) is 45.2. The van der Waals surface area contributed by atoms with Gasteiger partial charge in [0.05, 0.1) is 12.0 Å².